The molecular formula is C17H24N4. The minimum atomic E-state index is 0.244. The first-order valence-electron chi connectivity index (χ1n) is 8.21. The smallest absolute Gasteiger partial charge is 0.144 e. The molecule has 1 atom stereocenters. The number of aryl methyl sites for hydroxylation is 2. The van der Waals surface area contributed by atoms with Crippen LogP contribution < -0.4 is 11.1 Å². The fourth-order valence-electron chi connectivity index (χ4n) is 3.73. The van der Waals surface area contributed by atoms with Gasteiger partial charge in [0.05, 0.1) is 5.56 Å². The van der Waals surface area contributed by atoms with Crippen LogP contribution in [0.2, 0.25) is 0 Å². The minimum absolute atomic E-state index is 0.244. The van der Waals surface area contributed by atoms with Crippen molar-refractivity contribution in [2.75, 3.05) is 11.9 Å². The topological polar surface area (TPSA) is 74.7 Å². The summed E-state index contributed by atoms with van der Waals surface area (Å²) in [4.78, 5) is 4.75. The lowest BCUT2D eigenvalue weighted by Crippen LogP contribution is -2.36. The zero-order valence-corrected chi connectivity index (χ0v) is 12.6. The molecule has 1 unspecified atom stereocenters. The fraction of sp³-hybridized carbons (Fsp3) is 0.647. The van der Waals surface area contributed by atoms with E-state index in [0.717, 1.165) is 18.7 Å². The summed E-state index contributed by atoms with van der Waals surface area (Å²) in [5, 5.41) is 12.9. The lowest BCUT2D eigenvalue weighted by Gasteiger charge is -2.25. The highest BCUT2D eigenvalue weighted by atomic mass is 15.0. The molecular weight excluding hydrogens is 260 g/mol. The van der Waals surface area contributed by atoms with Gasteiger partial charge in [-0.05, 0) is 56.1 Å². The second-order valence-electron chi connectivity index (χ2n) is 6.34. The van der Waals surface area contributed by atoms with E-state index in [1.807, 2.05) is 6.07 Å². The van der Waals surface area contributed by atoms with Gasteiger partial charge in [0.15, 0.2) is 0 Å². The number of hydrogen-bond donors (Lipinski definition) is 2. The zero-order chi connectivity index (χ0) is 14.7. The SMILES string of the molecule is N#Cc1cc2c(nc1NC(CN)C1CCCC1)CCCC2. The molecule has 1 heterocycles. The molecule has 0 bridgehead atoms. The third kappa shape index (κ3) is 3.03. The second kappa shape index (κ2) is 6.44. The highest BCUT2D eigenvalue weighted by Crippen LogP contribution is 2.30. The summed E-state index contributed by atoms with van der Waals surface area (Å²) in [5.74, 6) is 1.37. The molecule has 2 aliphatic rings. The summed E-state index contributed by atoms with van der Waals surface area (Å²) in [7, 11) is 0. The average Bonchev–Trinajstić information content (AvgIpc) is 3.06. The zero-order valence-electron chi connectivity index (χ0n) is 12.6. The number of rotatable bonds is 4. The maximum Gasteiger partial charge on any atom is 0.144 e. The molecule has 0 aliphatic heterocycles. The largest absolute Gasteiger partial charge is 0.365 e. The van der Waals surface area contributed by atoms with Crippen LogP contribution in [0.1, 0.15) is 55.3 Å². The normalized spacial score (nSPS) is 19.8. The van der Waals surface area contributed by atoms with E-state index < -0.39 is 0 Å². The maximum absolute atomic E-state index is 9.41. The number of nitrogens with zero attached hydrogens (tertiary/aromatic N) is 2. The minimum Gasteiger partial charge on any atom is -0.365 e. The van der Waals surface area contributed by atoms with E-state index in [0.29, 0.717) is 18.0 Å². The Morgan fingerprint density at radius 2 is 2.05 bits per heavy atom. The first-order valence-corrected chi connectivity index (χ1v) is 8.21. The molecule has 3 rings (SSSR count). The Morgan fingerprint density at radius 1 is 1.29 bits per heavy atom. The Hall–Kier alpha value is -1.60. The Balaban J connectivity index is 1.84. The third-order valence-corrected chi connectivity index (χ3v) is 4.97. The molecule has 0 saturated heterocycles. The number of nitriles is 1. The predicted octanol–water partition coefficient (Wildman–Crippen LogP) is 2.76. The molecule has 0 radical (unpaired) electrons. The predicted molar refractivity (Wildman–Crippen MR) is 84.0 cm³/mol. The third-order valence-electron chi connectivity index (χ3n) is 4.97. The van der Waals surface area contributed by atoms with Crippen LogP contribution >= 0.6 is 0 Å². The lowest BCUT2D eigenvalue weighted by molar-refractivity contribution is 0.461. The van der Waals surface area contributed by atoms with Crippen LogP contribution in [0.25, 0.3) is 0 Å². The van der Waals surface area contributed by atoms with Crippen molar-refractivity contribution in [1.82, 2.24) is 4.98 Å². The number of anilines is 1. The number of fused-ring (bicyclic) bond motifs is 1. The van der Waals surface area contributed by atoms with Crippen LogP contribution in [0, 0.1) is 17.2 Å². The van der Waals surface area contributed by atoms with Crippen molar-refractivity contribution < 1.29 is 0 Å². The van der Waals surface area contributed by atoms with Crippen molar-refractivity contribution in [2.45, 2.75) is 57.4 Å². The van der Waals surface area contributed by atoms with Gasteiger partial charge in [0.1, 0.15) is 11.9 Å². The average molecular weight is 284 g/mol. The molecule has 3 N–H and O–H groups in total. The number of hydrogen-bond acceptors (Lipinski definition) is 4. The van der Waals surface area contributed by atoms with Gasteiger partial charge in [-0.25, -0.2) is 4.98 Å². The standard InChI is InChI=1S/C17H24N4/c18-10-14-9-13-7-3-4-8-15(13)20-17(14)21-16(11-19)12-5-1-2-6-12/h9,12,16H,1-8,11,19H2,(H,20,21). The van der Waals surface area contributed by atoms with Gasteiger partial charge >= 0.3 is 0 Å². The molecule has 4 nitrogen and oxygen atoms in total. The summed E-state index contributed by atoms with van der Waals surface area (Å²) in [6.07, 6.45) is 9.57. The van der Waals surface area contributed by atoms with Gasteiger partial charge in [-0.1, -0.05) is 12.8 Å². The summed E-state index contributed by atoms with van der Waals surface area (Å²) in [6, 6.07) is 4.58. The van der Waals surface area contributed by atoms with Gasteiger partial charge in [0.2, 0.25) is 0 Å². The highest BCUT2D eigenvalue weighted by Gasteiger charge is 2.25. The van der Waals surface area contributed by atoms with Crippen molar-refractivity contribution in [2.24, 2.45) is 11.7 Å². The Bertz CT molecular complexity index is 540. The number of pyridine rings is 1. The van der Waals surface area contributed by atoms with Crippen LogP contribution in [0.4, 0.5) is 5.82 Å². The number of aromatic nitrogens is 1. The Morgan fingerprint density at radius 3 is 2.76 bits per heavy atom. The maximum atomic E-state index is 9.41. The second-order valence-corrected chi connectivity index (χ2v) is 6.34. The molecule has 1 fully saturated rings. The Kier molecular flexibility index (Phi) is 4.40. The molecule has 1 saturated carbocycles. The van der Waals surface area contributed by atoms with Crippen molar-refractivity contribution >= 4 is 5.82 Å². The molecule has 0 spiro atoms. The van der Waals surface area contributed by atoms with Crippen LogP contribution in [-0.2, 0) is 12.8 Å². The Labute approximate surface area is 126 Å². The van der Waals surface area contributed by atoms with E-state index >= 15 is 0 Å². The van der Waals surface area contributed by atoms with Crippen LogP contribution in [0.15, 0.2) is 6.07 Å². The molecule has 0 aromatic carbocycles. The van der Waals surface area contributed by atoms with Gasteiger partial charge in [0, 0.05) is 18.3 Å². The molecule has 21 heavy (non-hydrogen) atoms. The van der Waals surface area contributed by atoms with E-state index in [1.54, 1.807) is 0 Å². The monoisotopic (exact) mass is 284 g/mol. The van der Waals surface area contributed by atoms with Crippen molar-refractivity contribution in [3.8, 4) is 6.07 Å². The van der Waals surface area contributed by atoms with E-state index in [-0.39, 0.29) is 6.04 Å². The quantitative estimate of drug-likeness (QED) is 0.891. The number of nitrogens with one attached hydrogen (secondary N) is 1. The van der Waals surface area contributed by atoms with Gasteiger partial charge in [-0.2, -0.15) is 5.26 Å². The molecule has 4 heteroatoms. The van der Waals surface area contributed by atoms with Gasteiger partial charge < -0.3 is 11.1 Å². The van der Waals surface area contributed by atoms with E-state index in [9.17, 15) is 5.26 Å². The molecule has 1 aromatic heterocycles. The first-order chi connectivity index (χ1) is 10.3. The molecule has 112 valence electrons. The van der Waals surface area contributed by atoms with Crippen molar-refractivity contribution in [3.63, 3.8) is 0 Å². The van der Waals surface area contributed by atoms with E-state index in [4.69, 9.17) is 10.7 Å². The van der Waals surface area contributed by atoms with Crippen LogP contribution in [-0.4, -0.2) is 17.6 Å². The highest BCUT2D eigenvalue weighted by molar-refractivity contribution is 5.55. The van der Waals surface area contributed by atoms with Crippen molar-refractivity contribution in [1.29, 1.82) is 5.26 Å². The number of nitrogens with two attached hydrogens (primary N) is 1. The summed E-state index contributed by atoms with van der Waals surface area (Å²) in [6.45, 7) is 0.605. The van der Waals surface area contributed by atoms with Crippen LogP contribution in [0.5, 0.6) is 0 Å². The van der Waals surface area contributed by atoms with E-state index in [2.05, 4.69) is 11.4 Å². The summed E-state index contributed by atoms with van der Waals surface area (Å²) >= 11 is 0. The molecule has 1 aromatic rings. The van der Waals surface area contributed by atoms with Gasteiger partial charge in [-0.15, -0.1) is 0 Å². The first kappa shape index (κ1) is 14.3. The van der Waals surface area contributed by atoms with Crippen molar-refractivity contribution in [3.05, 3.63) is 22.9 Å². The lowest BCUT2D eigenvalue weighted by atomic mass is 9.94. The van der Waals surface area contributed by atoms with Gasteiger partial charge in [0.25, 0.3) is 0 Å². The van der Waals surface area contributed by atoms with E-state index in [1.165, 1.54) is 49.8 Å². The molecule has 2 aliphatic carbocycles. The summed E-state index contributed by atoms with van der Waals surface area (Å²) < 4.78 is 0. The summed E-state index contributed by atoms with van der Waals surface area (Å²) in [5.41, 5.74) is 9.06. The van der Waals surface area contributed by atoms with Crippen LogP contribution in [0.3, 0.4) is 0 Å². The molecule has 0 amide bonds. The van der Waals surface area contributed by atoms with Gasteiger partial charge in [-0.3, -0.25) is 0 Å². The fourth-order valence-corrected chi connectivity index (χ4v) is 3.73.